The van der Waals surface area contributed by atoms with Crippen molar-refractivity contribution in [3.8, 4) is 5.75 Å². The summed E-state index contributed by atoms with van der Waals surface area (Å²) in [6.45, 7) is 6.08. The van der Waals surface area contributed by atoms with E-state index in [1.807, 2.05) is 6.92 Å². The number of carbonyl (C=O) groups is 1. The Hall–Kier alpha value is -1.76. The van der Waals surface area contributed by atoms with E-state index in [0.29, 0.717) is 13.0 Å². The molecule has 1 amide bonds. The number of rotatable bonds is 10. The first-order valence-electron chi connectivity index (χ1n) is 8.88. The molecule has 1 rings (SSSR count). The lowest BCUT2D eigenvalue weighted by Crippen LogP contribution is -2.43. The molecule has 0 aliphatic carbocycles. The molecule has 0 saturated carbocycles. The zero-order valence-corrected chi connectivity index (χ0v) is 15.8. The van der Waals surface area contributed by atoms with Crippen molar-refractivity contribution >= 4 is 11.6 Å². The maximum atomic E-state index is 13.1. The van der Waals surface area contributed by atoms with Crippen molar-refractivity contribution in [1.82, 2.24) is 0 Å². The predicted octanol–water partition coefficient (Wildman–Crippen LogP) is 5.42. The number of benzene rings is 1. The van der Waals surface area contributed by atoms with Gasteiger partial charge in [-0.05, 0) is 38.0 Å². The monoisotopic (exact) mass is 375 g/mol. The van der Waals surface area contributed by atoms with E-state index in [2.05, 4.69) is 12.2 Å². The van der Waals surface area contributed by atoms with E-state index in [4.69, 9.17) is 9.47 Å². The summed E-state index contributed by atoms with van der Waals surface area (Å²) in [6, 6.07) is 3.46. The van der Waals surface area contributed by atoms with Gasteiger partial charge in [0.25, 0.3) is 5.91 Å². The van der Waals surface area contributed by atoms with Gasteiger partial charge in [0, 0.05) is 12.3 Å². The highest BCUT2D eigenvalue weighted by molar-refractivity contribution is 5.97. The highest BCUT2D eigenvalue weighted by Crippen LogP contribution is 2.38. The average molecular weight is 375 g/mol. The fourth-order valence-electron chi connectivity index (χ4n) is 2.56. The third kappa shape index (κ3) is 6.20. The second-order valence-corrected chi connectivity index (χ2v) is 6.40. The van der Waals surface area contributed by atoms with Gasteiger partial charge >= 0.3 is 6.18 Å². The molecule has 0 aliphatic heterocycles. The van der Waals surface area contributed by atoms with Gasteiger partial charge in [0.05, 0.1) is 12.7 Å². The number of hydrogen-bond donors (Lipinski definition) is 1. The molecule has 0 unspecified atom stereocenters. The van der Waals surface area contributed by atoms with Crippen LogP contribution in [0.4, 0.5) is 18.9 Å². The molecule has 7 heteroatoms. The van der Waals surface area contributed by atoms with E-state index in [0.717, 1.165) is 31.7 Å². The topological polar surface area (TPSA) is 47.6 Å². The Labute approximate surface area is 153 Å². The summed E-state index contributed by atoms with van der Waals surface area (Å²) in [5.74, 6) is -0.733. The van der Waals surface area contributed by atoms with Crippen LogP contribution >= 0.6 is 0 Å². The first kappa shape index (κ1) is 22.3. The molecule has 0 heterocycles. The molecular formula is C19H28F3NO3. The van der Waals surface area contributed by atoms with Gasteiger partial charge in [0.1, 0.15) is 11.4 Å². The van der Waals surface area contributed by atoms with Crippen LogP contribution < -0.4 is 10.1 Å². The van der Waals surface area contributed by atoms with E-state index in [9.17, 15) is 18.0 Å². The molecule has 26 heavy (non-hydrogen) atoms. The predicted molar refractivity (Wildman–Crippen MR) is 95.4 cm³/mol. The number of unbranched alkanes of at least 4 members (excludes halogenated alkanes) is 2. The van der Waals surface area contributed by atoms with E-state index >= 15 is 0 Å². The van der Waals surface area contributed by atoms with Crippen LogP contribution in [0.1, 0.15) is 58.4 Å². The molecule has 1 N–H and O–H groups in total. The van der Waals surface area contributed by atoms with Crippen LogP contribution in [0.25, 0.3) is 0 Å². The third-order valence-electron chi connectivity index (χ3n) is 4.13. The number of amides is 1. The molecule has 0 fully saturated rings. The molecule has 4 nitrogen and oxygen atoms in total. The molecule has 0 aromatic heterocycles. The first-order valence-corrected chi connectivity index (χ1v) is 8.88. The van der Waals surface area contributed by atoms with E-state index in [1.165, 1.54) is 19.2 Å². The normalized spacial score (nSPS) is 14.0. The van der Waals surface area contributed by atoms with Crippen molar-refractivity contribution in [3.63, 3.8) is 0 Å². The SMILES string of the molecule is CCCCC[C@](C)(OCCC)C(=O)Nc1ccc(OC)c(C(F)(F)F)c1. The molecule has 0 aliphatic rings. The minimum absolute atomic E-state index is 0.0601. The summed E-state index contributed by atoms with van der Waals surface area (Å²) >= 11 is 0. The molecule has 1 atom stereocenters. The number of halogens is 3. The zero-order valence-electron chi connectivity index (χ0n) is 15.8. The maximum Gasteiger partial charge on any atom is 0.420 e. The Morgan fingerprint density at radius 1 is 1.15 bits per heavy atom. The average Bonchev–Trinajstić information content (AvgIpc) is 2.59. The Morgan fingerprint density at radius 3 is 2.38 bits per heavy atom. The van der Waals surface area contributed by atoms with Gasteiger partial charge in [0.15, 0.2) is 0 Å². The second kappa shape index (κ2) is 9.80. The lowest BCUT2D eigenvalue weighted by molar-refractivity contribution is -0.141. The summed E-state index contributed by atoms with van der Waals surface area (Å²) in [5.41, 5.74) is -1.95. The lowest BCUT2D eigenvalue weighted by atomic mass is 9.96. The first-order chi connectivity index (χ1) is 12.2. The van der Waals surface area contributed by atoms with Crippen molar-refractivity contribution in [2.75, 3.05) is 19.0 Å². The lowest BCUT2D eigenvalue weighted by Gasteiger charge is -2.29. The van der Waals surface area contributed by atoms with Crippen molar-refractivity contribution in [1.29, 1.82) is 0 Å². The standard InChI is InChI=1S/C19H28F3NO3/c1-5-7-8-11-18(3,26-12-6-2)17(24)23-14-9-10-16(25-4)15(13-14)19(20,21)22/h9-10,13H,5-8,11-12H2,1-4H3,(H,23,24)/t18-/m0/s1. The summed E-state index contributed by atoms with van der Waals surface area (Å²) in [6.07, 6.45) is -0.555. The number of methoxy groups -OCH3 is 1. The Morgan fingerprint density at radius 2 is 1.85 bits per heavy atom. The number of nitrogens with one attached hydrogen (secondary N) is 1. The highest BCUT2D eigenvalue weighted by atomic mass is 19.4. The van der Waals surface area contributed by atoms with Crippen LogP contribution in [-0.4, -0.2) is 25.2 Å². The number of carbonyl (C=O) groups excluding carboxylic acids is 1. The Bertz CT molecular complexity index is 590. The van der Waals surface area contributed by atoms with Gasteiger partial charge in [-0.2, -0.15) is 13.2 Å². The van der Waals surface area contributed by atoms with Crippen molar-refractivity contribution in [2.24, 2.45) is 0 Å². The fraction of sp³-hybridized carbons (Fsp3) is 0.632. The largest absolute Gasteiger partial charge is 0.496 e. The van der Waals surface area contributed by atoms with Gasteiger partial charge in [-0.1, -0.05) is 33.1 Å². The van der Waals surface area contributed by atoms with E-state index in [1.54, 1.807) is 6.92 Å². The van der Waals surface area contributed by atoms with Crippen LogP contribution in [0.3, 0.4) is 0 Å². The number of alkyl halides is 3. The molecule has 0 radical (unpaired) electrons. The number of hydrogen-bond acceptors (Lipinski definition) is 3. The highest BCUT2D eigenvalue weighted by Gasteiger charge is 2.36. The summed E-state index contributed by atoms with van der Waals surface area (Å²) in [4.78, 5) is 12.7. The molecule has 0 spiro atoms. The quantitative estimate of drug-likeness (QED) is 0.556. The Kier molecular flexibility index (Phi) is 8.40. The zero-order chi connectivity index (χ0) is 19.8. The number of anilines is 1. The van der Waals surface area contributed by atoms with Gasteiger partial charge in [-0.25, -0.2) is 0 Å². The van der Waals surface area contributed by atoms with E-state index < -0.39 is 23.2 Å². The van der Waals surface area contributed by atoms with Crippen molar-refractivity contribution < 1.29 is 27.4 Å². The Balaban J connectivity index is 3.00. The van der Waals surface area contributed by atoms with Gasteiger partial charge < -0.3 is 14.8 Å². The molecule has 1 aromatic rings. The van der Waals surface area contributed by atoms with Crippen LogP contribution in [0.15, 0.2) is 18.2 Å². The summed E-state index contributed by atoms with van der Waals surface area (Å²) < 4.78 is 49.9. The minimum atomic E-state index is -4.57. The van der Waals surface area contributed by atoms with Gasteiger partial charge in [-0.3, -0.25) is 4.79 Å². The van der Waals surface area contributed by atoms with Crippen molar-refractivity contribution in [3.05, 3.63) is 23.8 Å². The van der Waals surface area contributed by atoms with Crippen LogP contribution in [0, 0.1) is 0 Å². The number of ether oxygens (including phenoxy) is 2. The maximum absolute atomic E-state index is 13.1. The van der Waals surface area contributed by atoms with Gasteiger partial charge in [0.2, 0.25) is 0 Å². The third-order valence-corrected chi connectivity index (χ3v) is 4.13. The molecular weight excluding hydrogens is 347 g/mol. The van der Waals surface area contributed by atoms with Crippen LogP contribution in [-0.2, 0) is 15.7 Å². The summed E-state index contributed by atoms with van der Waals surface area (Å²) in [7, 11) is 1.17. The minimum Gasteiger partial charge on any atom is -0.496 e. The summed E-state index contributed by atoms with van der Waals surface area (Å²) in [5, 5.41) is 2.56. The molecule has 0 bridgehead atoms. The molecule has 1 aromatic carbocycles. The van der Waals surface area contributed by atoms with Crippen LogP contribution in [0.5, 0.6) is 5.75 Å². The van der Waals surface area contributed by atoms with Gasteiger partial charge in [-0.15, -0.1) is 0 Å². The second-order valence-electron chi connectivity index (χ2n) is 6.40. The van der Waals surface area contributed by atoms with E-state index in [-0.39, 0.29) is 11.4 Å². The smallest absolute Gasteiger partial charge is 0.420 e. The van der Waals surface area contributed by atoms with Crippen LogP contribution in [0.2, 0.25) is 0 Å². The van der Waals surface area contributed by atoms with Crippen molar-refractivity contribution in [2.45, 2.75) is 64.7 Å². The molecule has 148 valence electrons. The molecule has 0 saturated heterocycles. The fourth-order valence-corrected chi connectivity index (χ4v) is 2.56.